The maximum atomic E-state index is 10.8. The van der Waals surface area contributed by atoms with E-state index < -0.39 is 36.7 Å². The highest BCUT2D eigenvalue weighted by Crippen LogP contribution is 2.20. The minimum Gasteiger partial charge on any atom is -0.393 e. The Bertz CT molecular complexity index is 198. The fourth-order valence-electron chi connectivity index (χ4n) is 0.683. The van der Waals surface area contributed by atoms with Crippen LogP contribution in [0.2, 0.25) is 0 Å². The topological polar surface area (TPSA) is 107 Å². The molecule has 0 aliphatic carbocycles. The molecule has 0 amide bonds. The van der Waals surface area contributed by atoms with E-state index >= 15 is 0 Å². The van der Waals surface area contributed by atoms with Crippen LogP contribution in [0.4, 0.5) is 0 Å². The molecular formula is C6H8O6. The lowest BCUT2D eigenvalue weighted by Gasteiger charge is -2.01. The molecule has 3 atom stereocenters. The van der Waals surface area contributed by atoms with Gasteiger partial charge in [0.2, 0.25) is 11.6 Å². The molecular weight excluding hydrogens is 168 g/mol. The summed E-state index contributed by atoms with van der Waals surface area (Å²) in [6, 6.07) is 0. The van der Waals surface area contributed by atoms with E-state index in [9.17, 15) is 9.59 Å². The Morgan fingerprint density at radius 3 is 2.33 bits per heavy atom. The third-order valence-corrected chi connectivity index (χ3v) is 1.45. The Labute approximate surface area is 67.4 Å². The van der Waals surface area contributed by atoms with Gasteiger partial charge in [0.25, 0.3) is 0 Å². The monoisotopic (exact) mass is 176 g/mol. The highest BCUT2D eigenvalue weighted by atomic mass is 16.7. The number of rotatable bonds is 4. The molecule has 12 heavy (non-hydrogen) atoms. The minimum atomic E-state index is -1.71. The first-order valence-electron chi connectivity index (χ1n) is 3.28. The van der Waals surface area contributed by atoms with Crippen molar-refractivity contribution >= 4 is 11.6 Å². The zero-order valence-electron chi connectivity index (χ0n) is 6.01. The molecule has 0 aromatic carbocycles. The first-order chi connectivity index (χ1) is 5.57. The number of carbonyl (C=O) groups excluding carboxylic acids is 2. The Morgan fingerprint density at radius 1 is 1.50 bits per heavy atom. The van der Waals surface area contributed by atoms with Gasteiger partial charge in [0.15, 0.2) is 12.4 Å². The summed E-state index contributed by atoms with van der Waals surface area (Å²) in [6.07, 6.45) is -4.11. The zero-order chi connectivity index (χ0) is 9.30. The SMILES string of the molecule is O=C(C(=O)C1O[C@H]1O)C(O)CO. The highest BCUT2D eigenvalue weighted by Gasteiger charge is 2.47. The van der Waals surface area contributed by atoms with Gasteiger partial charge in [0.05, 0.1) is 6.61 Å². The van der Waals surface area contributed by atoms with Crippen LogP contribution in [0.5, 0.6) is 0 Å². The van der Waals surface area contributed by atoms with Gasteiger partial charge in [-0.15, -0.1) is 0 Å². The molecule has 0 radical (unpaired) electrons. The second-order valence-corrected chi connectivity index (χ2v) is 2.37. The zero-order valence-corrected chi connectivity index (χ0v) is 6.01. The van der Waals surface area contributed by atoms with Gasteiger partial charge in [-0.3, -0.25) is 9.59 Å². The lowest BCUT2D eigenvalue weighted by molar-refractivity contribution is -0.143. The average Bonchev–Trinajstić information content (AvgIpc) is 2.78. The molecule has 1 aliphatic heterocycles. The molecule has 1 saturated heterocycles. The molecule has 1 rings (SSSR count). The second-order valence-electron chi connectivity index (χ2n) is 2.37. The minimum absolute atomic E-state index is 0.812. The molecule has 0 spiro atoms. The molecule has 2 unspecified atom stereocenters. The normalized spacial score (nSPS) is 29.6. The number of Topliss-reactive ketones (excluding diaryl/α,β-unsaturated/α-hetero) is 2. The molecule has 3 N–H and O–H groups in total. The van der Waals surface area contributed by atoms with Crippen LogP contribution in [0.25, 0.3) is 0 Å². The van der Waals surface area contributed by atoms with Crippen LogP contribution < -0.4 is 0 Å². The van der Waals surface area contributed by atoms with Crippen LogP contribution in [0.1, 0.15) is 0 Å². The van der Waals surface area contributed by atoms with E-state index in [1.807, 2.05) is 0 Å². The number of ether oxygens (including phenoxy) is 1. The lowest BCUT2D eigenvalue weighted by atomic mass is 10.1. The number of carbonyl (C=O) groups is 2. The Kier molecular flexibility index (Phi) is 2.53. The van der Waals surface area contributed by atoms with Crippen LogP contribution in [0.3, 0.4) is 0 Å². The van der Waals surface area contributed by atoms with Gasteiger partial charge < -0.3 is 20.1 Å². The van der Waals surface area contributed by atoms with Crippen molar-refractivity contribution in [2.75, 3.05) is 6.61 Å². The molecule has 1 aliphatic rings. The van der Waals surface area contributed by atoms with Crippen molar-refractivity contribution in [3.05, 3.63) is 0 Å². The smallest absolute Gasteiger partial charge is 0.235 e. The van der Waals surface area contributed by atoms with Crippen molar-refractivity contribution in [3.63, 3.8) is 0 Å². The third kappa shape index (κ3) is 1.67. The van der Waals surface area contributed by atoms with Crippen molar-refractivity contribution in [1.29, 1.82) is 0 Å². The van der Waals surface area contributed by atoms with Gasteiger partial charge in [-0.1, -0.05) is 0 Å². The fourth-order valence-corrected chi connectivity index (χ4v) is 0.683. The van der Waals surface area contributed by atoms with Crippen molar-refractivity contribution in [3.8, 4) is 0 Å². The summed E-state index contributed by atoms with van der Waals surface area (Å²) in [6.45, 7) is -0.812. The average molecular weight is 176 g/mol. The van der Waals surface area contributed by atoms with E-state index in [0.29, 0.717) is 0 Å². The number of ketones is 2. The summed E-state index contributed by atoms with van der Waals surface area (Å²) in [4.78, 5) is 21.6. The summed E-state index contributed by atoms with van der Waals surface area (Å²) in [7, 11) is 0. The summed E-state index contributed by atoms with van der Waals surface area (Å²) in [5.41, 5.74) is 0. The second kappa shape index (κ2) is 3.28. The summed E-state index contributed by atoms with van der Waals surface area (Å²) in [5, 5.41) is 25.6. The number of hydrogen-bond donors (Lipinski definition) is 3. The van der Waals surface area contributed by atoms with Crippen LogP contribution in [0.15, 0.2) is 0 Å². The molecule has 0 bridgehead atoms. The molecule has 0 aromatic heterocycles. The highest BCUT2D eigenvalue weighted by molar-refractivity contribution is 6.41. The van der Waals surface area contributed by atoms with E-state index in [1.165, 1.54) is 0 Å². The molecule has 68 valence electrons. The first-order valence-corrected chi connectivity index (χ1v) is 3.28. The van der Waals surface area contributed by atoms with Crippen LogP contribution in [-0.4, -0.2) is 52.0 Å². The largest absolute Gasteiger partial charge is 0.393 e. The maximum absolute atomic E-state index is 10.8. The van der Waals surface area contributed by atoms with E-state index in [1.54, 1.807) is 0 Å². The van der Waals surface area contributed by atoms with E-state index in [-0.39, 0.29) is 0 Å². The van der Waals surface area contributed by atoms with Crippen LogP contribution in [0, 0.1) is 0 Å². The van der Waals surface area contributed by atoms with E-state index in [0.717, 1.165) is 0 Å². The maximum Gasteiger partial charge on any atom is 0.235 e. The molecule has 1 fully saturated rings. The fraction of sp³-hybridized carbons (Fsp3) is 0.667. The van der Waals surface area contributed by atoms with Gasteiger partial charge in [0.1, 0.15) is 6.10 Å². The quantitative estimate of drug-likeness (QED) is 0.315. The van der Waals surface area contributed by atoms with Crippen molar-refractivity contribution < 1.29 is 29.6 Å². The van der Waals surface area contributed by atoms with Gasteiger partial charge >= 0.3 is 0 Å². The van der Waals surface area contributed by atoms with Gasteiger partial charge in [-0.2, -0.15) is 0 Å². The predicted octanol–water partition coefficient (Wildman–Crippen LogP) is -2.81. The number of epoxide rings is 1. The third-order valence-electron chi connectivity index (χ3n) is 1.45. The Balaban J connectivity index is 2.47. The van der Waals surface area contributed by atoms with Gasteiger partial charge in [-0.25, -0.2) is 0 Å². The molecule has 1 heterocycles. The van der Waals surface area contributed by atoms with Crippen LogP contribution in [-0.2, 0) is 14.3 Å². The van der Waals surface area contributed by atoms with Crippen molar-refractivity contribution in [2.45, 2.75) is 18.5 Å². The van der Waals surface area contributed by atoms with Crippen LogP contribution >= 0.6 is 0 Å². The molecule has 6 nitrogen and oxygen atoms in total. The van der Waals surface area contributed by atoms with Crippen molar-refractivity contribution in [2.24, 2.45) is 0 Å². The number of aliphatic hydroxyl groups is 3. The Morgan fingerprint density at radius 2 is 2.00 bits per heavy atom. The summed E-state index contributed by atoms with van der Waals surface area (Å²) in [5.74, 6) is -2.15. The van der Waals surface area contributed by atoms with E-state index in [2.05, 4.69) is 4.74 Å². The van der Waals surface area contributed by atoms with Gasteiger partial charge in [-0.05, 0) is 0 Å². The Hall–Kier alpha value is -0.820. The molecule has 0 aromatic rings. The summed E-state index contributed by atoms with van der Waals surface area (Å²) < 4.78 is 4.29. The number of aliphatic hydroxyl groups excluding tert-OH is 3. The predicted molar refractivity (Wildman–Crippen MR) is 34.0 cm³/mol. The first kappa shape index (κ1) is 9.27. The van der Waals surface area contributed by atoms with E-state index in [4.69, 9.17) is 15.3 Å². The summed E-state index contributed by atoms with van der Waals surface area (Å²) >= 11 is 0. The van der Waals surface area contributed by atoms with Gasteiger partial charge in [0, 0.05) is 0 Å². The molecule has 0 saturated carbocycles. The molecule has 6 heteroatoms. The standard InChI is InChI=1S/C6H8O6/c7-1-2(8)3(9)4(10)5-6(11)12-5/h2,5-8,11H,1H2/t2?,5?,6-/m1/s1. The lowest BCUT2D eigenvalue weighted by Crippen LogP contribution is -2.34. The number of hydrogen-bond acceptors (Lipinski definition) is 6. The van der Waals surface area contributed by atoms with Crippen molar-refractivity contribution in [1.82, 2.24) is 0 Å².